The summed E-state index contributed by atoms with van der Waals surface area (Å²) in [6.45, 7) is 0.460. The molecule has 73 heavy (non-hydrogen) atoms. The van der Waals surface area contributed by atoms with Gasteiger partial charge in [0, 0.05) is 38.6 Å². The van der Waals surface area contributed by atoms with Crippen molar-refractivity contribution >= 4 is 35.8 Å². The predicted molar refractivity (Wildman–Crippen MR) is 278 cm³/mol. The summed E-state index contributed by atoms with van der Waals surface area (Å²) in [5, 5.41) is 10.9. The second-order valence-corrected chi connectivity index (χ2v) is 22.6. The molecule has 2 unspecified atom stereocenters. The third-order valence-corrected chi connectivity index (χ3v) is 15.8. The molecular weight excluding hydrogens is 935 g/mol. The fourth-order valence-corrected chi connectivity index (χ4v) is 11.0. The van der Waals surface area contributed by atoms with Gasteiger partial charge in [-0.1, -0.05) is 128 Å². The first kappa shape index (κ1) is 62.2. The second kappa shape index (κ2) is 38.3. The highest BCUT2D eigenvalue weighted by molar-refractivity contribution is 5.71. The number of hydrogen-bond donors (Lipinski definition) is 1. The van der Waals surface area contributed by atoms with Gasteiger partial charge in [0.05, 0.1) is 38.1 Å². The summed E-state index contributed by atoms with van der Waals surface area (Å²) >= 11 is 0. The Morgan fingerprint density at radius 2 is 0.740 bits per heavy atom. The van der Waals surface area contributed by atoms with Crippen molar-refractivity contribution in [2.75, 3.05) is 60.3 Å². The van der Waals surface area contributed by atoms with Crippen LogP contribution in [-0.2, 0) is 61.9 Å². The largest absolute Gasteiger partial charge is 0.465 e. The van der Waals surface area contributed by atoms with E-state index in [1.54, 1.807) is 0 Å². The molecule has 0 spiro atoms. The topological polar surface area (TPSA) is 190 Å². The van der Waals surface area contributed by atoms with Crippen molar-refractivity contribution < 1.29 is 67.0 Å². The first-order chi connectivity index (χ1) is 35.4. The molecular formula is C58H99NO14. The maximum absolute atomic E-state index is 13.1. The molecule has 0 saturated heterocycles. The zero-order chi connectivity index (χ0) is 52.3. The Morgan fingerprint density at radius 1 is 0.411 bits per heavy atom. The first-order valence-electron chi connectivity index (χ1n) is 29.3. The molecule has 0 radical (unpaired) electrons. The van der Waals surface area contributed by atoms with E-state index in [0.29, 0.717) is 81.6 Å². The summed E-state index contributed by atoms with van der Waals surface area (Å²) in [6.07, 6.45) is 28.9. The highest BCUT2D eigenvalue weighted by Crippen LogP contribution is 2.30. The lowest BCUT2D eigenvalue weighted by Crippen LogP contribution is -2.28. The van der Waals surface area contributed by atoms with Crippen molar-refractivity contribution in [3.8, 4) is 0 Å². The van der Waals surface area contributed by atoms with Crippen LogP contribution in [0.3, 0.4) is 0 Å². The fraction of sp³-hybridized carbons (Fsp3) is 0.897. The monoisotopic (exact) mass is 1030 g/mol. The number of esters is 6. The molecule has 15 heteroatoms. The molecule has 0 bridgehead atoms. The number of ether oxygens (including phenoxy) is 7. The van der Waals surface area contributed by atoms with Gasteiger partial charge in [0.1, 0.15) is 25.9 Å². The number of rotatable bonds is 37. The van der Waals surface area contributed by atoms with Crippen LogP contribution < -0.4 is 0 Å². The van der Waals surface area contributed by atoms with Crippen LogP contribution in [-0.4, -0.2) is 118 Å². The van der Waals surface area contributed by atoms with Gasteiger partial charge < -0.3 is 43.2 Å². The maximum Gasteiger partial charge on any atom is 0.307 e. The Morgan fingerprint density at radius 3 is 1.10 bits per heavy atom. The van der Waals surface area contributed by atoms with Crippen LogP contribution in [0.5, 0.6) is 0 Å². The van der Waals surface area contributed by atoms with Crippen LogP contribution in [0.15, 0.2) is 0 Å². The standard InChI is InChI=1S/C58H99NO14/c1-59(2)38-37-58(66)73-51(25-15-27-52(60)67-39-49(41-69-54(62)33-29-45-17-7-3-8-18-45)42-70-55(63)34-30-46-19-9-4-10-20-46)26-16-28-53(61)68-40-50(43-71-56(64)35-31-47-21-11-5-12-22-47)44-72-57(65)36-32-48-23-13-6-14-24-48/h45-52,60H,3-44H2,1-2H3. The quantitative estimate of drug-likeness (QED) is 0.0351. The third kappa shape index (κ3) is 30.7. The van der Waals surface area contributed by atoms with Gasteiger partial charge in [-0.3, -0.25) is 28.8 Å². The van der Waals surface area contributed by atoms with E-state index in [0.717, 1.165) is 77.0 Å². The molecule has 0 aromatic heterocycles. The molecule has 4 rings (SSSR count). The Kier molecular flexibility index (Phi) is 32.6. The van der Waals surface area contributed by atoms with Crippen molar-refractivity contribution in [1.29, 1.82) is 0 Å². The summed E-state index contributed by atoms with van der Waals surface area (Å²) in [6, 6.07) is 0. The highest BCUT2D eigenvalue weighted by atomic mass is 16.6. The van der Waals surface area contributed by atoms with Crippen LogP contribution in [0.2, 0.25) is 0 Å². The number of carbonyl (C=O) groups excluding carboxylic acids is 6. The van der Waals surface area contributed by atoms with E-state index in [1.807, 2.05) is 19.0 Å². The van der Waals surface area contributed by atoms with Crippen molar-refractivity contribution in [1.82, 2.24) is 4.90 Å². The Hall–Kier alpha value is -3.30. The van der Waals surface area contributed by atoms with Gasteiger partial charge in [-0.15, -0.1) is 0 Å². The van der Waals surface area contributed by atoms with E-state index < -0.39 is 30.2 Å². The molecule has 15 nitrogen and oxygen atoms in total. The van der Waals surface area contributed by atoms with Crippen LogP contribution in [0.25, 0.3) is 0 Å². The predicted octanol–water partition coefficient (Wildman–Crippen LogP) is 10.9. The van der Waals surface area contributed by atoms with Gasteiger partial charge in [0.2, 0.25) is 0 Å². The van der Waals surface area contributed by atoms with Crippen LogP contribution in [0.4, 0.5) is 0 Å². The Balaban J connectivity index is 1.22. The molecule has 0 amide bonds. The Labute approximate surface area is 439 Å². The molecule has 4 aliphatic rings. The van der Waals surface area contributed by atoms with E-state index in [9.17, 15) is 33.9 Å². The number of aliphatic hydroxyl groups excluding tert-OH is 1. The normalized spacial score (nSPS) is 18.3. The smallest absolute Gasteiger partial charge is 0.307 e. The van der Waals surface area contributed by atoms with Crippen molar-refractivity contribution in [2.24, 2.45) is 35.5 Å². The molecule has 0 aromatic carbocycles. The molecule has 4 aliphatic carbocycles. The Bertz CT molecular complexity index is 1460. The number of aliphatic hydroxyl groups is 1. The zero-order valence-electron chi connectivity index (χ0n) is 45.5. The van der Waals surface area contributed by atoms with Gasteiger partial charge in [-0.2, -0.15) is 0 Å². The number of hydrogen-bond acceptors (Lipinski definition) is 15. The van der Waals surface area contributed by atoms with E-state index in [1.165, 1.54) is 77.0 Å². The van der Waals surface area contributed by atoms with Crippen molar-refractivity contribution in [3.05, 3.63) is 0 Å². The van der Waals surface area contributed by atoms with Crippen LogP contribution in [0, 0.1) is 35.5 Å². The maximum atomic E-state index is 13.1. The minimum Gasteiger partial charge on any atom is -0.465 e. The van der Waals surface area contributed by atoms with Crippen molar-refractivity contribution in [3.63, 3.8) is 0 Å². The average molecular weight is 1030 g/mol. The van der Waals surface area contributed by atoms with Gasteiger partial charge >= 0.3 is 35.8 Å². The van der Waals surface area contributed by atoms with Gasteiger partial charge in [0.15, 0.2) is 6.29 Å². The molecule has 4 fully saturated rings. The van der Waals surface area contributed by atoms with E-state index in [-0.39, 0.29) is 88.8 Å². The third-order valence-electron chi connectivity index (χ3n) is 15.8. The molecule has 420 valence electrons. The molecule has 0 heterocycles. The van der Waals surface area contributed by atoms with Gasteiger partial charge in [-0.25, -0.2) is 0 Å². The minimum absolute atomic E-state index is 0.0157. The van der Waals surface area contributed by atoms with Gasteiger partial charge in [-0.05, 0) is 95.6 Å². The second-order valence-electron chi connectivity index (χ2n) is 22.6. The lowest BCUT2D eigenvalue weighted by atomic mass is 9.86. The summed E-state index contributed by atoms with van der Waals surface area (Å²) < 4.78 is 40.0. The molecule has 1 N–H and O–H groups in total. The van der Waals surface area contributed by atoms with E-state index in [4.69, 9.17) is 33.2 Å². The summed E-state index contributed by atoms with van der Waals surface area (Å²) in [4.78, 5) is 78.9. The number of nitrogens with zero attached hydrogens (tertiary/aromatic N) is 1. The molecule has 4 saturated carbocycles. The summed E-state index contributed by atoms with van der Waals surface area (Å²) in [7, 11) is 3.75. The average Bonchev–Trinajstić information content (AvgIpc) is 3.40. The molecule has 0 aromatic rings. The SMILES string of the molecule is CN(C)CCC(=O)OC(CCCC(=O)OCC(COC(=O)CCC1CCCCC1)COC(=O)CCC1CCCCC1)CCCC(O)OCC(COC(=O)CCC1CCCCC1)COC(=O)CCC1CCCCC1. The van der Waals surface area contributed by atoms with E-state index >= 15 is 0 Å². The zero-order valence-corrected chi connectivity index (χ0v) is 45.5. The fourth-order valence-electron chi connectivity index (χ4n) is 11.0. The van der Waals surface area contributed by atoms with E-state index in [2.05, 4.69) is 0 Å². The van der Waals surface area contributed by atoms with Crippen LogP contribution >= 0.6 is 0 Å². The molecule has 0 aliphatic heterocycles. The lowest BCUT2D eigenvalue weighted by molar-refractivity contribution is -0.157. The highest BCUT2D eigenvalue weighted by Gasteiger charge is 2.24. The van der Waals surface area contributed by atoms with Crippen molar-refractivity contribution in [2.45, 2.75) is 237 Å². The number of carbonyl (C=O) groups is 6. The van der Waals surface area contributed by atoms with Crippen LogP contribution in [0.1, 0.15) is 225 Å². The summed E-state index contributed by atoms with van der Waals surface area (Å²) in [5.74, 6) is -0.729. The summed E-state index contributed by atoms with van der Waals surface area (Å²) in [5.41, 5.74) is 0. The first-order valence-corrected chi connectivity index (χ1v) is 29.3. The van der Waals surface area contributed by atoms with Gasteiger partial charge in [0.25, 0.3) is 0 Å². The molecule has 2 atom stereocenters. The minimum atomic E-state index is -1.16. The lowest BCUT2D eigenvalue weighted by Gasteiger charge is -2.23.